The minimum atomic E-state index is -0.0189. The van der Waals surface area contributed by atoms with Crippen molar-refractivity contribution in [1.82, 2.24) is 4.57 Å². The lowest BCUT2D eigenvalue weighted by Gasteiger charge is -2.23. The maximum absolute atomic E-state index is 12.8. The highest BCUT2D eigenvalue weighted by atomic mass is 16.2. The van der Waals surface area contributed by atoms with Crippen LogP contribution >= 0.6 is 0 Å². The summed E-state index contributed by atoms with van der Waals surface area (Å²) in [6.07, 6.45) is 0. The number of hydrogen-bond acceptors (Lipinski definition) is 1. The molecule has 0 bridgehead atoms. The fourth-order valence-corrected chi connectivity index (χ4v) is 5.70. The van der Waals surface area contributed by atoms with Crippen LogP contribution in [0.4, 0.5) is 11.4 Å². The second-order valence-corrected chi connectivity index (χ2v) is 9.82. The van der Waals surface area contributed by atoms with Crippen LogP contribution in [-0.2, 0) is 4.79 Å². The van der Waals surface area contributed by atoms with Gasteiger partial charge in [0.25, 0.3) is 0 Å². The van der Waals surface area contributed by atoms with E-state index in [4.69, 9.17) is 0 Å². The Bertz CT molecular complexity index is 1920. The average Bonchev–Trinajstić information content (AvgIpc) is 3.32. The predicted molar refractivity (Wildman–Crippen MR) is 163 cm³/mol. The second kappa shape index (κ2) is 9.30. The maximum atomic E-state index is 12.8. The summed E-state index contributed by atoms with van der Waals surface area (Å²) in [6.45, 7) is 1.61. The summed E-state index contributed by atoms with van der Waals surface area (Å²) in [5, 5.41) is 4.68. The molecule has 1 heterocycles. The van der Waals surface area contributed by atoms with Crippen LogP contribution in [0, 0.1) is 0 Å². The van der Waals surface area contributed by atoms with Gasteiger partial charge in [-0.3, -0.25) is 9.69 Å². The van der Waals surface area contributed by atoms with Gasteiger partial charge in [-0.2, -0.15) is 0 Å². The van der Waals surface area contributed by atoms with Gasteiger partial charge >= 0.3 is 0 Å². The number of anilines is 2. The predicted octanol–water partition coefficient (Wildman–Crippen LogP) is 9.29. The molecule has 0 atom stereocenters. The third-order valence-corrected chi connectivity index (χ3v) is 7.49. The summed E-state index contributed by atoms with van der Waals surface area (Å²) >= 11 is 0. The van der Waals surface area contributed by atoms with Gasteiger partial charge in [0.2, 0.25) is 5.91 Å². The summed E-state index contributed by atoms with van der Waals surface area (Å²) in [5.41, 5.74) is 7.52. The van der Waals surface area contributed by atoms with Gasteiger partial charge in [-0.15, -0.1) is 0 Å². The first-order valence-corrected chi connectivity index (χ1v) is 13.2. The number of nitrogens with zero attached hydrogens (tertiary/aromatic N) is 2. The van der Waals surface area contributed by atoms with E-state index < -0.39 is 0 Å². The number of para-hydroxylation sites is 2. The number of benzene rings is 6. The van der Waals surface area contributed by atoms with E-state index in [2.05, 4.69) is 108 Å². The highest BCUT2D eigenvalue weighted by Gasteiger charge is 2.17. The van der Waals surface area contributed by atoms with Gasteiger partial charge in [0.05, 0.1) is 16.7 Å². The van der Waals surface area contributed by atoms with Gasteiger partial charge in [-0.25, -0.2) is 0 Å². The van der Waals surface area contributed by atoms with Crippen molar-refractivity contribution in [1.29, 1.82) is 0 Å². The Labute approximate surface area is 227 Å². The van der Waals surface area contributed by atoms with Crippen LogP contribution in [-0.4, -0.2) is 10.5 Å². The topological polar surface area (TPSA) is 25.2 Å². The standard InChI is InChI=1S/C36H26N2O/c1-25(39)37(34-16-8-10-28-9-2-3-11-31(28)34)29-21-17-26(18-22-29)27-19-23-30(24-20-27)38-35-14-6-4-12-32(35)33-13-5-7-15-36(33)38/h2-24H,1H3. The fourth-order valence-electron chi connectivity index (χ4n) is 5.70. The molecule has 6 aromatic carbocycles. The molecule has 0 fully saturated rings. The number of fused-ring (bicyclic) bond motifs is 4. The summed E-state index contributed by atoms with van der Waals surface area (Å²) in [5.74, 6) is -0.0189. The van der Waals surface area contributed by atoms with Crippen molar-refractivity contribution in [2.75, 3.05) is 4.90 Å². The van der Waals surface area contributed by atoms with Gasteiger partial charge in [-0.1, -0.05) is 97.1 Å². The smallest absolute Gasteiger partial charge is 0.228 e. The van der Waals surface area contributed by atoms with E-state index >= 15 is 0 Å². The number of rotatable bonds is 4. The molecule has 3 heteroatoms. The Morgan fingerprint density at radius 1 is 0.538 bits per heavy atom. The van der Waals surface area contributed by atoms with Crippen molar-refractivity contribution in [3.8, 4) is 16.8 Å². The molecule has 7 aromatic rings. The molecule has 1 aromatic heterocycles. The highest BCUT2D eigenvalue weighted by Crippen LogP contribution is 2.35. The molecule has 0 radical (unpaired) electrons. The summed E-state index contributed by atoms with van der Waals surface area (Å²) in [6, 6.07) is 48.3. The molecule has 1 amide bonds. The zero-order chi connectivity index (χ0) is 26.3. The van der Waals surface area contributed by atoms with Crippen molar-refractivity contribution >= 4 is 49.9 Å². The van der Waals surface area contributed by atoms with Gasteiger partial charge in [0.1, 0.15) is 0 Å². The lowest BCUT2D eigenvalue weighted by Crippen LogP contribution is -2.22. The first-order valence-electron chi connectivity index (χ1n) is 13.2. The van der Waals surface area contributed by atoms with E-state index in [1.54, 1.807) is 11.8 Å². The Morgan fingerprint density at radius 2 is 1.05 bits per heavy atom. The number of aromatic nitrogens is 1. The Kier molecular flexibility index (Phi) is 5.49. The molecule has 0 saturated heterocycles. The van der Waals surface area contributed by atoms with Crippen LogP contribution in [0.15, 0.2) is 140 Å². The molecule has 39 heavy (non-hydrogen) atoms. The highest BCUT2D eigenvalue weighted by molar-refractivity contribution is 6.09. The molecule has 0 aliphatic carbocycles. The molecule has 0 aliphatic rings. The Hall–Kier alpha value is -5.15. The Morgan fingerprint density at radius 3 is 1.67 bits per heavy atom. The second-order valence-electron chi connectivity index (χ2n) is 9.82. The number of hydrogen-bond donors (Lipinski definition) is 0. The number of carbonyl (C=O) groups excluding carboxylic acids is 1. The third-order valence-electron chi connectivity index (χ3n) is 7.49. The quantitative estimate of drug-likeness (QED) is 0.235. The van der Waals surface area contributed by atoms with Crippen LogP contribution in [0.2, 0.25) is 0 Å². The molecule has 0 aliphatic heterocycles. The summed E-state index contributed by atoms with van der Waals surface area (Å²) < 4.78 is 2.33. The summed E-state index contributed by atoms with van der Waals surface area (Å²) in [4.78, 5) is 14.6. The van der Waals surface area contributed by atoms with E-state index in [1.165, 1.54) is 21.8 Å². The van der Waals surface area contributed by atoms with Gasteiger partial charge in [0.15, 0.2) is 0 Å². The van der Waals surface area contributed by atoms with Gasteiger partial charge in [-0.05, 0) is 59.0 Å². The molecule has 0 N–H and O–H groups in total. The van der Waals surface area contributed by atoms with Crippen LogP contribution < -0.4 is 4.90 Å². The van der Waals surface area contributed by atoms with Crippen molar-refractivity contribution in [3.05, 3.63) is 140 Å². The molecular weight excluding hydrogens is 476 g/mol. The monoisotopic (exact) mass is 502 g/mol. The molecule has 3 nitrogen and oxygen atoms in total. The van der Waals surface area contributed by atoms with E-state index in [0.29, 0.717) is 0 Å². The van der Waals surface area contributed by atoms with Crippen molar-refractivity contribution in [2.45, 2.75) is 6.92 Å². The first-order chi connectivity index (χ1) is 19.2. The fraction of sp³-hybridized carbons (Fsp3) is 0.0278. The molecule has 186 valence electrons. The maximum Gasteiger partial charge on any atom is 0.228 e. The zero-order valence-electron chi connectivity index (χ0n) is 21.6. The number of amides is 1. The largest absolute Gasteiger partial charge is 0.309 e. The van der Waals surface area contributed by atoms with Gasteiger partial charge < -0.3 is 4.57 Å². The molecule has 0 spiro atoms. The minimum absolute atomic E-state index is 0.0189. The third kappa shape index (κ3) is 3.87. The Balaban J connectivity index is 1.24. The minimum Gasteiger partial charge on any atom is -0.309 e. The normalized spacial score (nSPS) is 11.3. The molecule has 0 saturated carbocycles. The van der Waals surface area contributed by atoms with E-state index in [9.17, 15) is 4.79 Å². The van der Waals surface area contributed by atoms with Crippen molar-refractivity contribution in [3.63, 3.8) is 0 Å². The molecule has 7 rings (SSSR count). The van der Waals surface area contributed by atoms with Crippen LogP contribution in [0.25, 0.3) is 49.4 Å². The van der Waals surface area contributed by atoms with Crippen LogP contribution in [0.3, 0.4) is 0 Å². The average molecular weight is 503 g/mol. The molecular formula is C36H26N2O. The number of carbonyl (C=O) groups is 1. The van der Waals surface area contributed by atoms with Crippen LogP contribution in [0.5, 0.6) is 0 Å². The zero-order valence-corrected chi connectivity index (χ0v) is 21.6. The van der Waals surface area contributed by atoms with E-state index in [1.807, 2.05) is 36.4 Å². The SMILES string of the molecule is CC(=O)N(c1ccc(-c2ccc(-n3c4ccccc4c4ccccc43)cc2)cc1)c1cccc2ccccc12. The van der Waals surface area contributed by atoms with Crippen molar-refractivity contribution in [2.24, 2.45) is 0 Å². The van der Waals surface area contributed by atoms with E-state index in [-0.39, 0.29) is 5.91 Å². The molecule has 0 unspecified atom stereocenters. The van der Waals surface area contributed by atoms with Crippen LogP contribution in [0.1, 0.15) is 6.92 Å². The first kappa shape index (κ1) is 23.0. The lowest BCUT2D eigenvalue weighted by molar-refractivity contribution is -0.115. The van der Waals surface area contributed by atoms with E-state index in [0.717, 1.165) is 39.0 Å². The summed E-state index contributed by atoms with van der Waals surface area (Å²) in [7, 11) is 0. The lowest BCUT2D eigenvalue weighted by atomic mass is 10.0. The van der Waals surface area contributed by atoms with Crippen molar-refractivity contribution < 1.29 is 4.79 Å². The van der Waals surface area contributed by atoms with Gasteiger partial charge in [0, 0.05) is 34.5 Å².